The first kappa shape index (κ1) is 16.3. The number of hydrogen-bond donors (Lipinski definition) is 1. The Bertz CT molecular complexity index is 1110. The van der Waals surface area contributed by atoms with Crippen molar-refractivity contribution in [2.45, 2.75) is 11.8 Å². The first-order chi connectivity index (χ1) is 13.0. The third-order valence-electron chi connectivity index (χ3n) is 5.38. The van der Waals surface area contributed by atoms with Crippen LogP contribution in [0.1, 0.15) is 17.5 Å². The van der Waals surface area contributed by atoms with Crippen LogP contribution in [0.2, 0.25) is 0 Å². The lowest BCUT2D eigenvalue weighted by atomic mass is 9.72. The summed E-state index contributed by atoms with van der Waals surface area (Å²) in [7, 11) is 1.75. The van der Waals surface area contributed by atoms with Gasteiger partial charge >= 0.3 is 0 Å². The molecule has 2 aliphatic rings. The van der Waals surface area contributed by atoms with Crippen molar-refractivity contribution >= 4 is 39.2 Å². The Hall–Kier alpha value is -2.93. The Labute approximate surface area is 163 Å². The number of nitrogens with zero attached hydrogens (tertiary/aromatic N) is 3. The number of halogens is 1. The van der Waals surface area contributed by atoms with Crippen LogP contribution in [-0.4, -0.2) is 28.6 Å². The SMILES string of the molecule is CN1C(=O)[C@@]2(CC(=O)Nc3c2cnn3-c2ccc(Br)cc2)c2ccccc21. The van der Waals surface area contributed by atoms with Crippen LogP contribution in [0.4, 0.5) is 11.5 Å². The van der Waals surface area contributed by atoms with Gasteiger partial charge < -0.3 is 10.2 Å². The Morgan fingerprint density at radius 2 is 1.81 bits per heavy atom. The fourth-order valence-corrected chi connectivity index (χ4v) is 4.40. The van der Waals surface area contributed by atoms with E-state index < -0.39 is 5.41 Å². The van der Waals surface area contributed by atoms with E-state index in [0.717, 1.165) is 27.0 Å². The number of aromatic nitrogens is 2. The molecule has 27 heavy (non-hydrogen) atoms. The fourth-order valence-electron chi connectivity index (χ4n) is 4.14. The number of amides is 2. The van der Waals surface area contributed by atoms with Gasteiger partial charge in [-0.25, -0.2) is 4.68 Å². The summed E-state index contributed by atoms with van der Waals surface area (Å²) in [6.07, 6.45) is 1.77. The molecule has 0 saturated carbocycles. The van der Waals surface area contributed by atoms with Crippen molar-refractivity contribution in [1.82, 2.24) is 9.78 Å². The number of anilines is 2. The quantitative estimate of drug-likeness (QED) is 0.654. The largest absolute Gasteiger partial charge is 0.314 e. The number of carbonyl (C=O) groups excluding carboxylic acids is 2. The first-order valence-electron chi connectivity index (χ1n) is 8.54. The molecule has 3 heterocycles. The monoisotopic (exact) mass is 422 g/mol. The Morgan fingerprint density at radius 1 is 1.07 bits per heavy atom. The minimum Gasteiger partial charge on any atom is -0.314 e. The molecule has 0 saturated heterocycles. The lowest BCUT2D eigenvalue weighted by Gasteiger charge is -2.32. The minimum atomic E-state index is -1.03. The molecule has 134 valence electrons. The van der Waals surface area contributed by atoms with Crippen LogP contribution in [0.3, 0.4) is 0 Å². The van der Waals surface area contributed by atoms with E-state index in [4.69, 9.17) is 0 Å². The van der Waals surface area contributed by atoms with Gasteiger partial charge in [0.2, 0.25) is 11.8 Å². The van der Waals surface area contributed by atoms with Crippen molar-refractivity contribution in [2.24, 2.45) is 0 Å². The Balaban J connectivity index is 1.77. The van der Waals surface area contributed by atoms with E-state index in [1.165, 1.54) is 0 Å². The molecule has 1 spiro atoms. The molecule has 2 aromatic carbocycles. The zero-order chi connectivity index (χ0) is 18.8. The second-order valence-electron chi connectivity index (χ2n) is 6.81. The lowest BCUT2D eigenvalue weighted by Crippen LogP contribution is -2.45. The molecular weight excluding hydrogens is 408 g/mol. The third-order valence-corrected chi connectivity index (χ3v) is 5.91. The van der Waals surface area contributed by atoms with Gasteiger partial charge in [0.25, 0.3) is 0 Å². The highest BCUT2D eigenvalue weighted by molar-refractivity contribution is 9.10. The van der Waals surface area contributed by atoms with Crippen LogP contribution >= 0.6 is 15.9 Å². The maximum absolute atomic E-state index is 13.3. The topological polar surface area (TPSA) is 67.2 Å². The standard InChI is InChI=1S/C20H15BrN4O2/c1-24-16-5-3-2-4-14(16)20(19(24)27)10-17(26)23-18-15(20)11-22-25(18)13-8-6-12(21)7-9-13/h2-9,11H,10H2,1H3,(H,23,26)/t20-/m0/s1. The van der Waals surface area contributed by atoms with E-state index >= 15 is 0 Å². The summed E-state index contributed by atoms with van der Waals surface area (Å²) in [5, 5.41) is 7.42. The summed E-state index contributed by atoms with van der Waals surface area (Å²) < 4.78 is 2.63. The van der Waals surface area contributed by atoms with E-state index in [2.05, 4.69) is 26.3 Å². The van der Waals surface area contributed by atoms with Gasteiger partial charge in [0, 0.05) is 29.2 Å². The predicted molar refractivity (Wildman–Crippen MR) is 105 cm³/mol. The van der Waals surface area contributed by atoms with E-state index in [1.807, 2.05) is 48.5 Å². The van der Waals surface area contributed by atoms with Crippen molar-refractivity contribution in [3.05, 3.63) is 70.3 Å². The predicted octanol–water partition coefficient (Wildman–Crippen LogP) is 3.24. The highest BCUT2D eigenvalue weighted by Gasteiger charge is 2.56. The maximum Gasteiger partial charge on any atom is 0.242 e. The number of para-hydroxylation sites is 1. The molecule has 0 radical (unpaired) electrons. The normalized spacial score (nSPS) is 20.6. The summed E-state index contributed by atoms with van der Waals surface area (Å²) in [6, 6.07) is 15.3. The van der Waals surface area contributed by atoms with Crippen LogP contribution in [0.15, 0.2) is 59.2 Å². The van der Waals surface area contributed by atoms with Gasteiger partial charge in [-0.3, -0.25) is 9.59 Å². The minimum absolute atomic E-state index is 0.0756. The van der Waals surface area contributed by atoms with Crippen molar-refractivity contribution in [2.75, 3.05) is 17.3 Å². The number of nitrogens with one attached hydrogen (secondary N) is 1. The Morgan fingerprint density at radius 3 is 2.59 bits per heavy atom. The van der Waals surface area contributed by atoms with E-state index in [1.54, 1.807) is 22.8 Å². The van der Waals surface area contributed by atoms with Crippen LogP contribution in [0.5, 0.6) is 0 Å². The smallest absolute Gasteiger partial charge is 0.242 e. The summed E-state index contributed by atoms with van der Waals surface area (Å²) in [6.45, 7) is 0. The molecule has 2 amide bonds. The fraction of sp³-hybridized carbons (Fsp3) is 0.150. The van der Waals surface area contributed by atoms with Crippen LogP contribution in [0, 0.1) is 0 Å². The molecule has 1 aromatic heterocycles. The molecule has 3 aromatic rings. The van der Waals surface area contributed by atoms with Crippen molar-refractivity contribution < 1.29 is 9.59 Å². The number of carbonyl (C=O) groups is 2. The van der Waals surface area contributed by atoms with Crippen LogP contribution in [-0.2, 0) is 15.0 Å². The molecule has 2 aliphatic heterocycles. The molecule has 1 N–H and O–H groups in total. The van der Waals surface area contributed by atoms with Crippen LogP contribution < -0.4 is 10.2 Å². The summed E-state index contributed by atoms with van der Waals surface area (Å²) in [5.41, 5.74) is 2.19. The van der Waals surface area contributed by atoms with Gasteiger partial charge in [0.15, 0.2) is 0 Å². The van der Waals surface area contributed by atoms with Crippen molar-refractivity contribution in [3.63, 3.8) is 0 Å². The molecule has 6 nitrogen and oxygen atoms in total. The highest BCUT2D eigenvalue weighted by atomic mass is 79.9. The molecule has 7 heteroatoms. The van der Waals surface area contributed by atoms with E-state index in [0.29, 0.717) is 5.82 Å². The lowest BCUT2D eigenvalue weighted by molar-refractivity contribution is -0.126. The Kier molecular flexibility index (Phi) is 3.33. The van der Waals surface area contributed by atoms with Gasteiger partial charge in [-0.1, -0.05) is 34.1 Å². The van der Waals surface area contributed by atoms with Gasteiger partial charge in [0.1, 0.15) is 11.2 Å². The molecule has 5 rings (SSSR count). The average Bonchev–Trinajstić information content (AvgIpc) is 3.18. The van der Waals surface area contributed by atoms with Gasteiger partial charge in [0.05, 0.1) is 11.9 Å². The number of rotatable bonds is 1. The van der Waals surface area contributed by atoms with E-state index in [9.17, 15) is 9.59 Å². The molecule has 0 unspecified atom stereocenters. The molecule has 1 atom stereocenters. The second kappa shape index (κ2) is 5.53. The molecule has 0 aliphatic carbocycles. The second-order valence-corrected chi connectivity index (χ2v) is 7.72. The zero-order valence-corrected chi connectivity index (χ0v) is 16.0. The third kappa shape index (κ3) is 2.09. The number of likely N-dealkylation sites (N-methyl/N-ethyl adjacent to an activating group) is 1. The van der Waals surface area contributed by atoms with Crippen molar-refractivity contribution in [3.8, 4) is 5.69 Å². The maximum atomic E-state index is 13.3. The molecule has 0 fully saturated rings. The number of hydrogen-bond acceptors (Lipinski definition) is 3. The van der Waals surface area contributed by atoms with Crippen molar-refractivity contribution in [1.29, 1.82) is 0 Å². The first-order valence-corrected chi connectivity index (χ1v) is 9.33. The van der Waals surface area contributed by atoms with E-state index in [-0.39, 0.29) is 18.2 Å². The van der Waals surface area contributed by atoms with Gasteiger partial charge in [-0.05, 0) is 35.9 Å². The number of benzene rings is 2. The molecular formula is C20H15BrN4O2. The van der Waals surface area contributed by atoms with Crippen LogP contribution in [0.25, 0.3) is 5.69 Å². The highest BCUT2D eigenvalue weighted by Crippen LogP contribution is 2.51. The van der Waals surface area contributed by atoms with Gasteiger partial charge in [-0.15, -0.1) is 0 Å². The zero-order valence-electron chi connectivity index (χ0n) is 14.4. The summed E-state index contributed by atoms with van der Waals surface area (Å²) in [4.78, 5) is 27.6. The molecule has 0 bridgehead atoms. The average molecular weight is 423 g/mol. The summed E-state index contributed by atoms with van der Waals surface area (Å²) >= 11 is 3.42. The summed E-state index contributed by atoms with van der Waals surface area (Å²) in [5.74, 6) is 0.252. The number of fused-ring (bicyclic) bond motifs is 4. The van der Waals surface area contributed by atoms with Gasteiger partial charge in [-0.2, -0.15) is 5.10 Å².